The fourth-order valence-corrected chi connectivity index (χ4v) is 1.63. The van der Waals surface area contributed by atoms with Gasteiger partial charge in [-0.05, 0) is 18.4 Å². The Morgan fingerprint density at radius 2 is 1.79 bits per heavy atom. The van der Waals surface area contributed by atoms with Gasteiger partial charge in [0.05, 0.1) is 12.1 Å². The zero-order valence-corrected chi connectivity index (χ0v) is 11.9. The van der Waals surface area contributed by atoms with Crippen molar-refractivity contribution in [2.24, 2.45) is 5.92 Å². The third-order valence-corrected chi connectivity index (χ3v) is 2.88. The highest BCUT2D eigenvalue weighted by molar-refractivity contribution is 5.81. The van der Waals surface area contributed by atoms with Crippen LogP contribution in [0.3, 0.4) is 0 Å². The number of carbonyl (C=O) groups excluding carboxylic acids is 1. The molecule has 0 fully saturated rings. The second-order valence-electron chi connectivity index (χ2n) is 5.20. The van der Waals surface area contributed by atoms with E-state index >= 15 is 0 Å². The van der Waals surface area contributed by atoms with E-state index in [1.165, 1.54) is 0 Å². The van der Waals surface area contributed by atoms with Gasteiger partial charge in [0.2, 0.25) is 5.91 Å². The number of aliphatic hydroxyl groups is 1. The number of hydrogen-bond donors (Lipinski definition) is 3. The lowest BCUT2D eigenvalue weighted by atomic mass is 10.1. The van der Waals surface area contributed by atoms with Crippen LogP contribution in [-0.4, -0.2) is 30.1 Å². The second-order valence-corrected chi connectivity index (χ2v) is 5.20. The van der Waals surface area contributed by atoms with Crippen molar-refractivity contribution in [1.82, 2.24) is 10.6 Å². The lowest BCUT2D eigenvalue weighted by Crippen LogP contribution is -2.44. The van der Waals surface area contributed by atoms with E-state index in [2.05, 4.69) is 24.5 Å². The van der Waals surface area contributed by atoms with Gasteiger partial charge in [0, 0.05) is 13.1 Å². The molecule has 1 amide bonds. The first-order valence-corrected chi connectivity index (χ1v) is 6.74. The van der Waals surface area contributed by atoms with Gasteiger partial charge in [-0.15, -0.1) is 0 Å². The van der Waals surface area contributed by atoms with Crippen LogP contribution in [0, 0.1) is 5.92 Å². The van der Waals surface area contributed by atoms with Gasteiger partial charge in [0.15, 0.2) is 0 Å². The highest BCUT2D eigenvalue weighted by Crippen LogP contribution is 2.10. The Labute approximate surface area is 115 Å². The number of benzene rings is 1. The predicted molar refractivity (Wildman–Crippen MR) is 76.7 cm³/mol. The summed E-state index contributed by atoms with van der Waals surface area (Å²) in [6, 6.07) is 9.11. The van der Waals surface area contributed by atoms with Crippen LogP contribution in [0.25, 0.3) is 0 Å². The first kappa shape index (κ1) is 15.7. The molecule has 2 unspecified atom stereocenters. The predicted octanol–water partition coefficient (Wildman–Crippen LogP) is 1.47. The number of carbonyl (C=O) groups is 1. The van der Waals surface area contributed by atoms with Crippen molar-refractivity contribution in [1.29, 1.82) is 0 Å². The van der Waals surface area contributed by atoms with Gasteiger partial charge in [-0.1, -0.05) is 44.2 Å². The molecule has 1 rings (SSSR count). The number of nitrogens with one attached hydrogen (secondary N) is 2. The molecular weight excluding hydrogens is 240 g/mol. The molecule has 0 radical (unpaired) electrons. The van der Waals surface area contributed by atoms with E-state index in [1.54, 1.807) is 6.92 Å². The van der Waals surface area contributed by atoms with Gasteiger partial charge in [-0.25, -0.2) is 0 Å². The molecule has 2 atom stereocenters. The fraction of sp³-hybridized carbons (Fsp3) is 0.533. The number of rotatable bonds is 7. The van der Waals surface area contributed by atoms with Crippen LogP contribution >= 0.6 is 0 Å². The Balaban J connectivity index is 2.33. The number of aliphatic hydroxyl groups excluding tert-OH is 1. The molecule has 19 heavy (non-hydrogen) atoms. The van der Waals surface area contributed by atoms with E-state index in [-0.39, 0.29) is 11.9 Å². The molecule has 0 aromatic heterocycles. The molecule has 0 saturated heterocycles. The van der Waals surface area contributed by atoms with Crippen molar-refractivity contribution in [2.45, 2.75) is 32.9 Å². The molecule has 3 N–H and O–H groups in total. The van der Waals surface area contributed by atoms with Gasteiger partial charge < -0.3 is 15.7 Å². The molecular formula is C15H24N2O2. The Morgan fingerprint density at radius 3 is 2.37 bits per heavy atom. The van der Waals surface area contributed by atoms with Crippen molar-refractivity contribution in [3.8, 4) is 0 Å². The normalized spacial score (nSPS) is 14.2. The molecule has 1 aromatic carbocycles. The average Bonchev–Trinajstić information content (AvgIpc) is 2.42. The lowest BCUT2D eigenvalue weighted by Gasteiger charge is -2.17. The SMILES string of the molecule is CC(C)CNC(=O)C(C)NCC(O)c1ccccc1. The summed E-state index contributed by atoms with van der Waals surface area (Å²) in [5, 5.41) is 15.9. The Morgan fingerprint density at radius 1 is 1.16 bits per heavy atom. The summed E-state index contributed by atoms with van der Waals surface area (Å²) in [6.07, 6.45) is -0.596. The molecule has 1 aromatic rings. The maximum atomic E-state index is 11.7. The smallest absolute Gasteiger partial charge is 0.236 e. The topological polar surface area (TPSA) is 61.4 Å². The first-order valence-electron chi connectivity index (χ1n) is 6.74. The van der Waals surface area contributed by atoms with E-state index in [0.717, 1.165) is 5.56 Å². The van der Waals surface area contributed by atoms with Gasteiger partial charge in [0.25, 0.3) is 0 Å². The van der Waals surface area contributed by atoms with Gasteiger partial charge in [-0.3, -0.25) is 4.79 Å². The maximum absolute atomic E-state index is 11.7. The summed E-state index contributed by atoms with van der Waals surface area (Å²) in [5.41, 5.74) is 0.852. The van der Waals surface area contributed by atoms with E-state index in [9.17, 15) is 9.90 Å². The second kappa shape index (κ2) is 7.92. The maximum Gasteiger partial charge on any atom is 0.236 e. The van der Waals surface area contributed by atoms with Crippen LogP contribution in [0.4, 0.5) is 0 Å². The molecule has 106 valence electrons. The van der Waals surface area contributed by atoms with Crippen LogP contribution in [-0.2, 0) is 4.79 Å². The summed E-state index contributed by atoms with van der Waals surface area (Å²) in [6.45, 7) is 6.94. The first-order chi connectivity index (χ1) is 9.00. The van der Waals surface area contributed by atoms with Crippen molar-refractivity contribution >= 4 is 5.91 Å². The lowest BCUT2D eigenvalue weighted by molar-refractivity contribution is -0.123. The fourth-order valence-electron chi connectivity index (χ4n) is 1.63. The zero-order valence-electron chi connectivity index (χ0n) is 11.9. The van der Waals surface area contributed by atoms with Crippen LogP contribution < -0.4 is 10.6 Å². The summed E-state index contributed by atoms with van der Waals surface area (Å²) in [4.78, 5) is 11.7. The summed E-state index contributed by atoms with van der Waals surface area (Å²) < 4.78 is 0. The number of hydrogen-bond acceptors (Lipinski definition) is 3. The minimum absolute atomic E-state index is 0.0334. The van der Waals surface area contributed by atoms with E-state index in [0.29, 0.717) is 19.0 Å². The molecule has 0 aliphatic rings. The van der Waals surface area contributed by atoms with Gasteiger partial charge in [0.1, 0.15) is 0 Å². The van der Waals surface area contributed by atoms with E-state index in [4.69, 9.17) is 0 Å². The Kier molecular flexibility index (Phi) is 6.53. The van der Waals surface area contributed by atoms with Crippen molar-refractivity contribution in [3.05, 3.63) is 35.9 Å². The molecule has 0 aliphatic carbocycles. The largest absolute Gasteiger partial charge is 0.387 e. The summed E-state index contributed by atoms with van der Waals surface area (Å²) in [7, 11) is 0. The van der Waals surface area contributed by atoms with Crippen molar-refractivity contribution < 1.29 is 9.90 Å². The molecule has 0 bridgehead atoms. The van der Waals surface area contributed by atoms with Crippen LogP contribution in [0.5, 0.6) is 0 Å². The molecule has 4 heteroatoms. The highest BCUT2D eigenvalue weighted by Gasteiger charge is 2.14. The minimum Gasteiger partial charge on any atom is -0.387 e. The van der Waals surface area contributed by atoms with Crippen molar-refractivity contribution in [3.63, 3.8) is 0 Å². The third kappa shape index (κ3) is 5.85. The molecule has 0 saturated carbocycles. The minimum atomic E-state index is -0.596. The summed E-state index contributed by atoms with van der Waals surface area (Å²) >= 11 is 0. The Bertz CT molecular complexity index is 379. The van der Waals surface area contributed by atoms with Crippen molar-refractivity contribution in [2.75, 3.05) is 13.1 Å². The molecule has 0 heterocycles. The van der Waals surface area contributed by atoms with Crippen LogP contribution in [0.2, 0.25) is 0 Å². The van der Waals surface area contributed by atoms with E-state index < -0.39 is 6.10 Å². The van der Waals surface area contributed by atoms with E-state index in [1.807, 2.05) is 30.3 Å². The zero-order chi connectivity index (χ0) is 14.3. The highest BCUT2D eigenvalue weighted by atomic mass is 16.3. The Hall–Kier alpha value is -1.39. The standard InChI is InChI=1S/C15H24N2O2/c1-11(2)9-17-15(19)12(3)16-10-14(18)13-7-5-4-6-8-13/h4-8,11-12,14,16,18H,9-10H2,1-3H3,(H,17,19). The van der Waals surface area contributed by atoms with Crippen LogP contribution in [0.15, 0.2) is 30.3 Å². The van der Waals surface area contributed by atoms with Gasteiger partial charge >= 0.3 is 0 Å². The quantitative estimate of drug-likeness (QED) is 0.699. The molecule has 0 spiro atoms. The monoisotopic (exact) mass is 264 g/mol. The number of amides is 1. The third-order valence-electron chi connectivity index (χ3n) is 2.88. The van der Waals surface area contributed by atoms with Crippen LogP contribution in [0.1, 0.15) is 32.4 Å². The van der Waals surface area contributed by atoms with Gasteiger partial charge in [-0.2, -0.15) is 0 Å². The molecule has 0 aliphatic heterocycles. The average molecular weight is 264 g/mol. The summed E-state index contributed by atoms with van der Waals surface area (Å²) in [5.74, 6) is 0.403. The molecule has 4 nitrogen and oxygen atoms in total.